The summed E-state index contributed by atoms with van der Waals surface area (Å²) in [5.41, 5.74) is 2.58. The highest BCUT2D eigenvalue weighted by atomic mass is 19.4. The number of aliphatic carboxylic acids is 1. The Labute approximate surface area is 157 Å². The number of benzene rings is 1. The normalized spacial score (nSPS) is 17.1. The van der Waals surface area contributed by atoms with Gasteiger partial charge in [0.15, 0.2) is 0 Å². The lowest BCUT2D eigenvalue weighted by atomic mass is 9.97. The Balaban J connectivity index is 0.000000445. The second kappa shape index (κ2) is 10.9. The average molecular weight is 388 g/mol. The highest BCUT2D eigenvalue weighted by molar-refractivity contribution is 5.76. The maximum absolute atomic E-state index is 12.3. The van der Waals surface area contributed by atoms with Gasteiger partial charge in [-0.2, -0.15) is 13.2 Å². The van der Waals surface area contributed by atoms with Gasteiger partial charge in [0.25, 0.3) is 0 Å². The van der Waals surface area contributed by atoms with E-state index in [1.54, 1.807) is 0 Å². The monoisotopic (exact) mass is 388 g/mol. The highest BCUT2D eigenvalue weighted by Crippen LogP contribution is 2.18. The van der Waals surface area contributed by atoms with Gasteiger partial charge in [0.1, 0.15) is 0 Å². The third-order valence-corrected chi connectivity index (χ3v) is 4.48. The Morgan fingerprint density at radius 1 is 1.30 bits per heavy atom. The van der Waals surface area contributed by atoms with E-state index in [1.165, 1.54) is 17.5 Å². The van der Waals surface area contributed by atoms with Crippen molar-refractivity contribution in [3.63, 3.8) is 0 Å². The van der Waals surface area contributed by atoms with E-state index in [4.69, 9.17) is 9.90 Å². The number of carboxylic acid groups (broad SMARTS) is 1. The first-order valence-corrected chi connectivity index (χ1v) is 8.92. The van der Waals surface area contributed by atoms with Crippen LogP contribution in [0.2, 0.25) is 0 Å². The number of alkyl halides is 3. The maximum atomic E-state index is 12.3. The SMILES string of the molecule is CNCC1CCCN(C(=O)CCc2ccccc2C)C1.O=C(O)C(F)(F)F. The number of carbonyl (C=O) groups excluding carboxylic acids is 1. The van der Waals surface area contributed by atoms with Crippen molar-refractivity contribution in [3.8, 4) is 0 Å². The van der Waals surface area contributed by atoms with Crippen molar-refractivity contribution >= 4 is 11.9 Å². The Hall–Kier alpha value is -2.09. The molecule has 1 atom stereocenters. The van der Waals surface area contributed by atoms with Gasteiger partial charge in [0, 0.05) is 19.5 Å². The molecule has 0 saturated carbocycles. The summed E-state index contributed by atoms with van der Waals surface area (Å²) in [6.07, 6.45) is -1.21. The van der Waals surface area contributed by atoms with Crippen LogP contribution in [0.5, 0.6) is 0 Å². The summed E-state index contributed by atoms with van der Waals surface area (Å²) >= 11 is 0. The number of amides is 1. The van der Waals surface area contributed by atoms with E-state index in [9.17, 15) is 18.0 Å². The second-order valence-electron chi connectivity index (χ2n) is 6.64. The third-order valence-electron chi connectivity index (χ3n) is 4.48. The van der Waals surface area contributed by atoms with Crippen LogP contribution in [-0.2, 0) is 16.0 Å². The van der Waals surface area contributed by atoms with Crippen molar-refractivity contribution in [2.75, 3.05) is 26.7 Å². The number of hydrogen-bond donors (Lipinski definition) is 2. The Morgan fingerprint density at radius 2 is 1.93 bits per heavy atom. The molecule has 0 bridgehead atoms. The van der Waals surface area contributed by atoms with E-state index in [0.717, 1.165) is 32.5 Å². The maximum Gasteiger partial charge on any atom is 0.490 e. The quantitative estimate of drug-likeness (QED) is 0.814. The number of carbonyl (C=O) groups is 2. The van der Waals surface area contributed by atoms with Crippen molar-refractivity contribution in [1.29, 1.82) is 0 Å². The van der Waals surface area contributed by atoms with Gasteiger partial charge in [-0.05, 0) is 56.8 Å². The molecule has 1 aromatic rings. The van der Waals surface area contributed by atoms with Crippen LogP contribution in [0, 0.1) is 12.8 Å². The number of aryl methyl sites for hydroxylation is 2. The zero-order valence-corrected chi connectivity index (χ0v) is 15.7. The molecule has 5 nitrogen and oxygen atoms in total. The number of piperidine rings is 1. The summed E-state index contributed by atoms with van der Waals surface area (Å²) in [7, 11) is 1.99. The number of nitrogens with zero attached hydrogens (tertiary/aromatic N) is 1. The van der Waals surface area contributed by atoms with Gasteiger partial charge in [-0.25, -0.2) is 4.79 Å². The summed E-state index contributed by atoms with van der Waals surface area (Å²) in [5, 5.41) is 10.3. The van der Waals surface area contributed by atoms with Gasteiger partial charge in [0.05, 0.1) is 0 Å². The number of hydrogen-bond acceptors (Lipinski definition) is 3. The zero-order chi connectivity index (χ0) is 20.4. The summed E-state index contributed by atoms with van der Waals surface area (Å²) in [4.78, 5) is 23.3. The van der Waals surface area contributed by atoms with Crippen LogP contribution in [0.15, 0.2) is 24.3 Å². The van der Waals surface area contributed by atoms with Crippen LogP contribution in [-0.4, -0.2) is 54.7 Å². The Bertz CT molecular complexity index is 618. The minimum Gasteiger partial charge on any atom is -0.475 e. The number of halogens is 3. The lowest BCUT2D eigenvalue weighted by molar-refractivity contribution is -0.192. The molecule has 1 heterocycles. The van der Waals surface area contributed by atoms with E-state index < -0.39 is 12.1 Å². The molecule has 1 saturated heterocycles. The fourth-order valence-electron chi connectivity index (χ4n) is 3.04. The minimum absolute atomic E-state index is 0.314. The molecule has 1 aromatic carbocycles. The Kier molecular flexibility index (Phi) is 9.28. The minimum atomic E-state index is -5.08. The summed E-state index contributed by atoms with van der Waals surface area (Å²) < 4.78 is 31.7. The van der Waals surface area contributed by atoms with Crippen LogP contribution < -0.4 is 5.32 Å². The number of nitrogens with one attached hydrogen (secondary N) is 1. The topological polar surface area (TPSA) is 69.6 Å². The van der Waals surface area contributed by atoms with Crippen LogP contribution >= 0.6 is 0 Å². The first kappa shape index (κ1) is 23.0. The molecular weight excluding hydrogens is 361 g/mol. The molecule has 1 amide bonds. The van der Waals surface area contributed by atoms with E-state index in [2.05, 4.69) is 35.3 Å². The molecule has 0 spiro atoms. The first-order valence-electron chi connectivity index (χ1n) is 8.92. The highest BCUT2D eigenvalue weighted by Gasteiger charge is 2.38. The molecule has 27 heavy (non-hydrogen) atoms. The van der Waals surface area contributed by atoms with E-state index in [1.807, 2.05) is 13.1 Å². The van der Waals surface area contributed by atoms with Gasteiger partial charge in [0.2, 0.25) is 5.91 Å². The van der Waals surface area contributed by atoms with Crippen molar-refractivity contribution in [2.45, 2.75) is 38.8 Å². The van der Waals surface area contributed by atoms with Crippen molar-refractivity contribution in [2.24, 2.45) is 5.92 Å². The van der Waals surface area contributed by atoms with E-state index in [-0.39, 0.29) is 0 Å². The number of rotatable bonds is 5. The molecule has 1 aliphatic rings. The van der Waals surface area contributed by atoms with Crippen molar-refractivity contribution < 1.29 is 27.9 Å². The first-order chi connectivity index (χ1) is 12.6. The summed E-state index contributed by atoms with van der Waals surface area (Å²) in [6, 6.07) is 8.34. The van der Waals surface area contributed by atoms with E-state index in [0.29, 0.717) is 18.2 Å². The zero-order valence-electron chi connectivity index (χ0n) is 15.7. The molecule has 1 unspecified atom stereocenters. The molecule has 1 aliphatic heterocycles. The Morgan fingerprint density at radius 3 is 2.48 bits per heavy atom. The third kappa shape index (κ3) is 8.43. The second-order valence-corrected chi connectivity index (χ2v) is 6.64. The van der Waals surface area contributed by atoms with Gasteiger partial charge in [-0.1, -0.05) is 24.3 Å². The predicted molar refractivity (Wildman–Crippen MR) is 96.4 cm³/mol. The van der Waals surface area contributed by atoms with Gasteiger partial charge >= 0.3 is 12.1 Å². The molecule has 0 radical (unpaired) electrons. The van der Waals surface area contributed by atoms with E-state index >= 15 is 0 Å². The predicted octanol–water partition coefficient (Wildman–Crippen LogP) is 3.02. The largest absolute Gasteiger partial charge is 0.490 e. The average Bonchev–Trinajstić information content (AvgIpc) is 2.61. The molecule has 152 valence electrons. The van der Waals surface area contributed by atoms with Crippen molar-refractivity contribution in [1.82, 2.24) is 10.2 Å². The van der Waals surface area contributed by atoms with Gasteiger partial charge in [-0.3, -0.25) is 4.79 Å². The van der Waals surface area contributed by atoms with Crippen LogP contribution in [0.4, 0.5) is 13.2 Å². The van der Waals surface area contributed by atoms with Crippen LogP contribution in [0.25, 0.3) is 0 Å². The molecular formula is C19H27F3N2O3. The molecule has 0 aromatic heterocycles. The van der Waals surface area contributed by atoms with Crippen LogP contribution in [0.1, 0.15) is 30.4 Å². The number of likely N-dealkylation sites (tertiary alicyclic amines) is 1. The lowest BCUT2D eigenvalue weighted by Crippen LogP contribution is -2.42. The number of carboxylic acids is 1. The van der Waals surface area contributed by atoms with Gasteiger partial charge in [-0.15, -0.1) is 0 Å². The van der Waals surface area contributed by atoms with Gasteiger partial charge < -0.3 is 15.3 Å². The van der Waals surface area contributed by atoms with Crippen LogP contribution in [0.3, 0.4) is 0 Å². The summed E-state index contributed by atoms with van der Waals surface area (Å²) in [6.45, 7) is 4.99. The molecule has 1 fully saturated rings. The summed E-state index contributed by atoms with van der Waals surface area (Å²) in [5.74, 6) is -1.82. The lowest BCUT2D eigenvalue weighted by Gasteiger charge is -2.32. The molecule has 0 aliphatic carbocycles. The standard InChI is InChI=1S/C17H26N2O.C2HF3O2/c1-14-6-3-4-8-16(14)9-10-17(20)19-11-5-7-15(13-19)12-18-2;3-2(4,5)1(6)7/h3-4,6,8,15,18H,5,7,9-13H2,1-2H3;(H,6,7). The molecule has 2 rings (SSSR count). The smallest absolute Gasteiger partial charge is 0.475 e. The fourth-order valence-corrected chi connectivity index (χ4v) is 3.04. The van der Waals surface area contributed by atoms with Crippen molar-refractivity contribution in [3.05, 3.63) is 35.4 Å². The fraction of sp³-hybridized carbons (Fsp3) is 0.579. The molecule has 8 heteroatoms. The molecule has 2 N–H and O–H groups in total.